The van der Waals surface area contributed by atoms with Crippen LogP contribution < -0.4 is 0 Å². The first-order valence-corrected chi connectivity index (χ1v) is 10.1. The summed E-state index contributed by atoms with van der Waals surface area (Å²) in [6, 6.07) is 0. The molecule has 2 atom stereocenters. The fourth-order valence-corrected chi connectivity index (χ4v) is 5.59. The van der Waals surface area contributed by atoms with Crippen LogP contribution in [0.4, 0.5) is 0 Å². The summed E-state index contributed by atoms with van der Waals surface area (Å²) in [5.41, 5.74) is 2.71. The van der Waals surface area contributed by atoms with Crippen molar-refractivity contribution in [2.45, 2.75) is 57.3 Å². The van der Waals surface area contributed by atoms with Gasteiger partial charge in [0.1, 0.15) is 0 Å². The molecular weight excluding hydrogens is 212 g/mol. The number of rotatable bonds is 1. The molecular formula is C14H22OSi. The van der Waals surface area contributed by atoms with Gasteiger partial charge < -0.3 is 5.11 Å². The fourth-order valence-electron chi connectivity index (χ4n) is 3.70. The number of hydrogen-bond donors (Lipinski definition) is 1. The third kappa shape index (κ3) is 1.39. The Hall–Kier alpha value is -0.343. The minimum atomic E-state index is -1.09. The Labute approximate surface area is 99.3 Å². The van der Waals surface area contributed by atoms with E-state index in [0.717, 1.165) is 6.42 Å². The van der Waals surface area contributed by atoms with Crippen LogP contribution >= 0.6 is 0 Å². The number of aliphatic hydroxyl groups is 1. The maximum Gasteiger partial charge on any atom is 0.0864 e. The summed E-state index contributed by atoms with van der Waals surface area (Å²) < 4.78 is 0. The van der Waals surface area contributed by atoms with Crippen LogP contribution in [-0.4, -0.2) is 18.8 Å². The molecule has 1 nitrogen and oxygen atoms in total. The highest BCUT2D eigenvalue weighted by molar-refractivity contribution is 6.83. The van der Waals surface area contributed by atoms with Crippen molar-refractivity contribution in [1.82, 2.24) is 0 Å². The van der Waals surface area contributed by atoms with E-state index in [1.165, 1.54) is 31.3 Å². The second-order valence-electron chi connectivity index (χ2n) is 6.84. The van der Waals surface area contributed by atoms with Crippen LogP contribution in [0, 0.1) is 5.92 Å². The molecule has 0 saturated heterocycles. The molecule has 0 aliphatic heterocycles. The zero-order chi connectivity index (χ0) is 11.6. The van der Waals surface area contributed by atoms with Crippen LogP contribution in [0.15, 0.2) is 22.4 Å². The summed E-state index contributed by atoms with van der Waals surface area (Å²) in [7, 11) is -1.09. The lowest BCUT2D eigenvalue weighted by Gasteiger charge is -2.43. The third-order valence-electron chi connectivity index (χ3n) is 4.74. The Bertz CT molecular complexity index is 399. The number of allylic oxidation sites excluding steroid dienone is 3. The highest BCUT2D eigenvalue weighted by atomic mass is 28.3. The average Bonchev–Trinajstić information content (AvgIpc) is 2.48. The van der Waals surface area contributed by atoms with Gasteiger partial charge in [0.15, 0.2) is 0 Å². The molecule has 1 N–H and O–H groups in total. The molecule has 0 amide bonds. The van der Waals surface area contributed by atoms with Crippen LogP contribution in [0.1, 0.15) is 32.1 Å². The summed E-state index contributed by atoms with van der Waals surface area (Å²) in [5, 5.41) is 12.3. The number of hydrogen-bond acceptors (Lipinski definition) is 1. The highest BCUT2D eigenvalue weighted by Crippen LogP contribution is 2.53. The molecule has 0 unspecified atom stereocenters. The summed E-state index contributed by atoms with van der Waals surface area (Å²) >= 11 is 0. The molecule has 3 rings (SSSR count). The monoisotopic (exact) mass is 234 g/mol. The Morgan fingerprint density at radius 3 is 2.81 bits per heavy atom. The molecule has 0 radical (unpaired) electrons. The van der Waals surface area contributed by atoms with Crippen LogP contribution in [0.25, 0.3) is 0 Å². The van der Waals surface area contributed by atoms with Crippen molar-refractivity contribution < 1.29 is 5.11 Å². The minimum Gasteiger partial charge on any atom is -0.385 e. The first-order valence-electron chi connectivity index (χ1n) is 6.57. The molecule has 0 aromatic rings. The lowest BCUT2D eigenvalue weighted by Crippen LogP contribution is -2.40. The van der Waals surface area contributed by atoms with Gasteiger partial charge in [0, 0.05) is 0 Å². The largest absolute Gasteiger partial charge is 0.385 e. The molecule has 1 fully saturated rings. The minimum absolute atomic E-state index is 0.427. The molecule has 0 bridgehead atoms. The molecule has 3 aliphatic carbocycles. The lowest BCUT2D eigenvalue weighted by molar-refractivity contribution is 0.0453. The highest BCUT2D eigenvalue weighted by Gasteiger charge is 2.46. The van der Waals surface area contributed by atoms with Crippen molar-refractivity contribution in [3.05, 3.63) is 22.4 Å². The zero-order valence-electron chi connectivity index (χ0n) is 10.6. The predicted molar refractivity (Wildman–Crippen MR) is 70.0 cm³/mol. The van der Waals surface area contributed by atoms with E-state index in [-0.39, 0.29) is 0 Å². The van der Waals surface area contributed by atoms with Crippen LogP contribution in [0.2, 0.25) is 19.6 Å². The molecule has 0 aromatic carbocycles. The average molecular weight is 234 g/mol. The second kappa shape index (κ2) is 3.11. The zero-order valence-corrected chi connectivity index (χ0v) is 11.6. The van der Waals surface area contributed by atoms with Gasteiger partial charge in [-0.15, -0.1) is 0 Å². The van der Waals surface area contributed by atoms with Gasteiger partial charge in [-0.3, -0.25) is 0 Å². The van der Waals surface area contributed by atoms with E-state index >= 15 is 0 Å². The van der Waals surface area contributed by atoms with Gasteiger partial charge in [0.05, 0.1) is 13.7 Å². The van der Waals surface area contributed by atoms with Gasteiger partial charge in [0.2, 0.25) is 0 Å². The molecule has 0 aromatic heterocycles. The quantitative estimate of drug-likeness (QED) is 0.689. The Morgan fingerprint density at radius 1 is 1.38 bits per heavy atom. The number of fused-ring (bicyclic) bond motifs is 2. The van der Waals surface area contributed by atoms with E-state index in [1.807, 2.05) is 0 Å². The third-order valence-corrected chi connectivity index (χ3v) is 7.03. The van der Waals surface area contributed by atoms with Crippen molar-refractivity contribution in [1.29, 1.82) is 0 Å². The van der Waals surface area contributed by atoms with Gasteiger partial charge in [-0.05, 0) is 55.2 Å². The topological polar surface area (TPSA) is 20.2 Å². The van der Waals surface area contributed by atoms with Crippen molar-refractivity contribution in [3.8, 4) is 0 Å². The van der Waals surface area contributed by atoms with Crippen molar-refractivity contribution in [2.75, 3.05) is 0 Å². The normalized spacial score (nSPS) is 37.8. The summed E-state index contributed by atoms with van der Waals surface area (Å²) in [5.74, 6) is 0.526. The molecule has 88 valence electrons. The van der Waals surface area contributed by atoms with Gasteiger partial charge >= 0.3 is 0 Å². The Kier molecular flexibility index (Phi) is 2.10. The lowest BCUT2D eigenvalue weighted by atomic mass is 9.71. The maximum atomic E-state index is 10.5. The molecule has 3 aliphatic rings. The van der Waals surface area contributed by atoms with Crippen LogP contribution in [0.3, 0.4) is 0 Å². The van der Waals surface area contributed by atoms with E-state index in [0.29, 0.717) is 5.92 Å². The van der Waals surface area contributed by atoms with Gasteiger partial charge in [-0.1, -0.05) is 24.8 Å². The first kappa shape index (κ1) is 10.8. The van der Waals surface area contributed by atoms with Crippen molar-refractivity contribution in [3.63, 3.8) is 0 Å². The Balaban J connectivity index is 1.98. The first-order chi connectivity index (χ1) is 7.40. The van der Waals surface area contributed by atoms with Crippen molar-refractivity contribution in [2.24, 2.45) is 5.92 Å². The van der Waals surface area contributed by atoms with E-state index in [1.54, 1.807) is 10.8 Å². The molecule has 0 heterocycles. The van der Waals surface area contributed by atoms with Crippen molar-refractivity contribution >= 4 is 8.07 Å². The fraction of sp³-hybridized carbons (Fsp3) is 0.714. The SMILES string of the molecule is C[Si](C)(C)C1=C2C[C@H]3CCC[C@]3(O)C=C2C1. The van der Waals surface area contributed by atoms with Gasteiger partial charge in [-0.25, -0.2) is 0 Å². The van der Waals surface area contributed by atoms with E-state index < -0.39 is 13.7 Å². The molecule has 0 spiro atoms. The second-order valence-corrected chi connectivity index (χ2v) is 11.9. The van der Waals surface area contributed by atoms with Crippen LogP contribution in [0.5, 0.6) is 0 Å². The Morgan fingerprint density at radius 2 is 2.12 bits per heavy atom. The molecule has 16 heavy (non-hydrogen) atoms. The molecule has 2 heteroatoms. The standard InChI is InChI=1S/C14H22OSi/c1-16(2,3)13-7-10-9-14(15)6-4-5-11(14)8-12(10)13/h9,11,15H,4-8H2,1-3H3/t11-,14+/m1/s1. The maximum absolute atomic E-state index is 10.5. The summed E-state index contributed by atoms with van der Waals surface area (Å²) in [4.78, 5) is 0. The predicted octanol–water partition coefficient (Wildman–Crippen LogP) is 3.43. The smallest absolute Gasteiger partial charge is 0.0864 e. The van der Waals surface area contributed by atoms with E-state index in [9.17, 15) is 5.11 Å². The van der Waals surface area contributed by atoms with Crippen LogP contribution in [-0.2, 0) is 0 Å². The van der Waals surface area contributed by atoms with E-state index in [2.05, 4.69) is 25.7 Å². The van der Waals surface area contributed by atoms with Gasteiger partial charge in [-0.2, -0.15) is 0 Å². The molecule has 1 saturated carbocycles. The van der Waals surface area contributed by atoms with E-state index in [4.69, 9.17) is 0 Å². The summed E-state index contributed by atoms with van der Waals surface area (Å²) in [6.45, 7) is 7.34. The summed E-state index contributed by atoms with van der Waals surface area (Å²) in [6.07, 6.45) is 8.00. The van der Waals surface area contributed by atoms with Gasteiger partial charge in [0.25, 0.3) is 0 Å².